The Hall–Kier alpha value is -1.06. The summed E-state index contributed by atoms with van der Waals surface area (Å²) in [5.74, 6) is 1.05. The Bertz CT molecular complexity index is 400. The summed E-state index contributed by atoms with van der Waals surface area (Å²) in [6.45, 7) is 7.73. The smallest absolute Gasteiger partial charge is 0.124 e. The van der Waals surface area contributed by atoms with Crippen LogP contribution < -0.4 is 10.1 Å². The minimum atomic E-state index is 0.345. The Morgan fingerprint density at radius 1 is 1.30 bits per heavy atom. The molecule has 2 rings (SSSR count). The molecule has 1 aliphatic rings. The van der Waals surface area contributed by atoms with Gasteiger partial charge in [0, 0.05) is 24.7 Å². The van der Waals surface area contributed by atoms with Gasteiger partial charge >= 0.3 is 0 Å². The Labute approximate surface area is 123 Å². The number of likely N-dealkylation sites (tertiary alicyclic amines) is 1. The molecule has 1 atom stereocenters. The molecule has 1 N–H and O–H groups in total. The molecule has 20 heavy (non-hydrogen) atoms. The van der Waals surface area contributed by atoms with Gasteiger partial charge in [0.05, 0.1) is 0 Å². The fourth-order valence-electron chi connectivity index (χ4n) is 2.70. The van der Waals surface area contributed by atoms with Crippen LogP contribution in [0.25, 0.3) is 0 Å². The lowest BCUT2D eigenvalue weighted by atomic mass is 10.1. The van der Waals surface area contributed by atoms with E-state index in [2.05, 4.69) is 55.4 Å². The molecule has 1 aromatic carbocycles. The number of benzene rings is 1. The van der Waals surface area contributed by atoms with Crippen molar-refractivity contribution in [2.45, 2.75) is 45.3 Å². The molecule has 3 heteroatoms. The van der Waals surface area contributed by atoms with Gasteiger partial charge < -0.3 is 15.0 Å². The zero-order chi connectivity index (χ0) is 14.4. The molecule has 1 aromatic rings. The standard InChI is InChI=1S/C17H28N2O/c1-4-11-18-14(2)16-7-5-6-8-17(16)20-15-9-12-19(3)13-10-15/h5-8,14-15,18H,4,9-13H2,1-3H3. The molecule has 1 saturated heterocycles. The SMILES string of the molecule is CCCNC(C)c1ccccc1OC1CCN(C)CC1. The lowest BCUT2D eigenvalue weighted by Gasteiger charge is -2.30. The van der Waals surface area contributed by atoms with Gasteiger partial charge in [-0.05, 0) is 45.8 Å². The van der Waals surface area contributed by atoms with E-state index in [0.29, 0.717) is 12.1 Å². The van der Waals surface area contributed by atoms with E-state index < -0.39 is 0 Å². The first-order valence-electron chi connectivity index (χ1n) is 7.88. The largest absolute Gasteiger partial charge is 0.490 e. The molecule has 0 aliphatic carbocycles. The van der Waals surface area contributed by atoms with Gasteiger partial charge in [0.15, 0.2) is 0 Å². The second kappa shape index (κ2) is 7.65. The minimum absolute atomic E-state index is 0.345. The summed E-state index contributed by atoms with van der Waals surface area (Å²) < 4.78 is 6.27. The Kier molecular flexibility index (Phi) is 5.86. The molecule has 1 aliphatic heterocycles. The Morgan fingerprint density at radius 3 is 2.70 bits per heavy atom. The molecular formula is C17H28N2O. The van der Waals surface area contributed by atoms with Crippen molar-refractivity contribution in [2.75, 3.05) is 26.7 Å². The van der Waals surface area contributed by atoms with Crippen LogP contribution >= 0.6 is 0 Å². The zero-order valence-electron chi connectivity index (χ0n) is 13.1. The summed E-state index contributed by atoms with van der Waals surface area (Å²) >= 11 is 0. The number of nitrogens with zero attached hydrogens (tertiary/aromatic N) is 1. The van der Waals surface area contributed by atoms with Crippen LogP contribution in [0.2, 0.25) is 0 Å². The normalized spacial score (nSPS) is 18.9. The third kappa shape index (κ3) is 4.22. The van der Waals surface area contributed by atoms with E-state index in [4.69, 9.17) is 4.74 Å². The van der Waals surface area contributed by atoms with E-state index in [1.165, 1.54) is 5.56 Å². The summed E-state index contributed by atoms with van der Waals surface area (Å²) in [4.78, 5) is 2.37. The van der Waals surface area contributed by atoms with Crippen molar-refractivity contribution in [3.8, 4) is 5.75 Å². The van der Waals surface area contributed by atoms with E-state index in [1.54, 1.807) is 0 Å². The van der Waals surface area contributed by atoms with Gasteiger partial charge in [-0.3, -0.25) is 0 Å². The van der Waals surface area contributed by atoms with E-state index in [-0.39, 0.29) is 0 Å². The molecule has 0 radical (unpaired) electrons. The van der Waals surface area contributed by atoms with Crippen LogP contribution in [0.5, 0.6) is 5.75 Å². The molecule has 0 spiro atoms. The van der Waals surface area contributed by atoms with Gasteiger partial charge in [0.25, 0.3) is 0 Å². The van der Waals surface area contributed by atoms with Crippen LogP contribution in [-0.4, -0.2) is 37.7 Å². The van der Waals surface area contributed by atoms with Crippen LogP contribution in [0.15, 0.2) is 24.3 Å². The molecule has 112 valence electrons. The van der Waals surface area contributed by atoms with Gasteiger partial charge in [0.2, 0.25) is 0 Å². The Morgan fingerprint density at radius 2 is 2.00 bits per heavy atom. The molecule has 0 saturated carbocycles. The molecular weight excluding hydrogens is 248 g/mol. The van der Waals surface area contributed by atoms with Crippen LogP contribution in [0.4, 0.5) is 0 Å². The number of para-hydroxylation sites is 1. The fraction of sp³-hybridized carbons (Fsp3) is 0.647. The van der Waals surface area contributed by atoms with Crippen LogP contribution in [0, 0.1) is 0 Å². The molecule has 1 fully saturated rings. The number of hydrogen-bond acceptors (Lipinski definition) is 3. The van der Waals surface area contributed by atoms with Gasteiger partial charge in [-0.2, -0.15) is 0 Å². The minimum Gasteiger partial charge on any atom is -0.490 e. The molecule has 1 heterocycles. The van der Waals surface area contributed by atoms with Gasteiger partial charge in [0.1, 0.15) is 11.9 Å². The maximum absolute atomic E-state index is 6.27. The van der Waals surface area contributed by atoms with Crippen molar-refractivity contribution in [3.05, 3.63) is 29.8 Å². The van der Waals surface area contributed by atoms with E-state index in [1.807, 2.05) is 0 Å². The monoisotopic (exact) mass is 276 g/mol. The van der Waals surface area contributed by atoms with Crippen molar-refractivity contribution in [1.82, 2.24) is 10.2 Å². The quantitative estimate of drug-likeness (QED) is 0.863. The van der Waals surface area contributed by atoms with Crippen LogP contribution in [0.3, 0.4) is 0 Å². The van der Waals surface area contributed by atoms with Crippen LogP contribution in [-0.2, 0) is 0 Å². The van der Waals surface area contributed by atoms with Crippen LogP contribution in [0.1, 0.15) is 44.7 Å². The predicted octanol–water partition coefficient (Wildman–Crippen LogP) is 3.22. The van der Waals surface area contributed by atoms with Crippen molar-refractivity contribution >= 4 is 0 Å². The summed E-state index contributed by atoms with van der Waals surface area (Å²) in [7, 11) is 2.18. The molecule has 1 unspecified atom stereocenters. The summed E-state index contributed by atoms with van der Waals surface area (Å²) in [5.41, 5.74) is 1.28. The lowest BCUT2D eigenvalue weighted by molar-refractivity contribution is 0.113. The number of hydrogen-bond donors (Lipinski definition) is 1. The number of nitrogens with one attached hydrogen (secondary N) is 1. The fourth-order valence-corrected chi connectivity index (χ4v) is 2.70. The highest BCUT2D eigenvalue weighted by atomic mass is 16.5. The number of rotatable bonds is 6. The number of ether oxygens (including phenoxy) is 1. The highest BCUT2D eigenvalue weighted by Crippen LogP contribution is 2.27. The maximum atomic E-state index is 6.27. The lowest BCUT2D eigenvalue weighted by Crippen LogP contribution is -2.36. The maximum Gasteiger partial charge on any atom is 0.124 e. The third-order valence-electron chi connectivity index (χ3n) is 4.05. The molecule has 3 nitrogen and oxygen atoms in total. The second-order valence-electron chi connectivity index (χ2n) is 5.83. The third-order valence-corrected chi connectivity index (χ3v) is 4.05. The zero-order valence-corrected chi connectivity index (χ0v) is 13.1. The highest BCUT2D eigenvalue weighted by molar-refractivity contribution is 5.35. The van der Waals surface area contributed by atoms with Gasteiger partial charge in [-0.25, -0.2) is 0 Å². The number of piperidine rings is 1. The van der Waals surface area contributed by atoms with E-state index in [0.717, 1.165) is 44.6 Å². The highest BCUT2D eigenvalue weighted by Gasteiger charge is 2.20. The second-order valence-corrected chi connectivity index (χ2v) is 5.83. The first-order chi connectivity index (χ1) is 9.70. The van der Waals surface area contributed by atoms with E-state index >= 15 is 0 Å². The molecule has 0 bridgehead atoms. The average Bonchev–Trinajstić information content (AvgIpc) is 2.48. The van der Waals surface area contributed by atoms with Crippen molar-refractivity contribution < 1.29 is 4.74 Å². The topological polar surface area (TPSA) is 24.5 Å². The predicted molar refractivity (Wildman–Crippen MR) is 84.3 cm³/mol. The van der Waals surface area contributed by atoms with Crippen molar-refractivity contribution in [1.29, 1.82) is 0 Å². The van der Waals surface area contributed by atoms with E-state index in [9.17, 15) is 0 Å². The van der Waals surface area contributed by atoms with Gasteiger partial charge in [-0.15, -0.1) is 0 Å². The molecule has 0 aromatic heterocycles. The Balaban J connectivity index is 2.00. The van der Waals surface area contributed by atoms with Gasteiger partial charge in [-0.1, -0.05) is 25.1 Å². The first-order valence-corrected chi connectivity index (χ1v) is 7.88. The van der Waals surface area contributed by atoms with Crippen molar-refractivity contribution in [2.24, 2.45) is 0 Å². The summed E-state index contributed by atoms with van der Waals surface area (Å²) in [5, 5.41) is 3.55. The average molecular weight is 276 g/mol. The van der Waals surface area contributed by atoms with Crippen molar-refractivity contribution in [3.63, 3.8) is 0 Å². The first kappa shape index (κ1) is 15.3. The summed E-state index contributed by atoms with van der Waals surface area (Å²) in [6.07, 6.45) is 3.77. The summed E-state index contributed by atoms with van der Waals surface area (Å²) in [6, 6.07) is 8.80. The molecule has 0 amide bonds.